The van der Waals surface area contributed by atoms with E-state index in [1.165, 1.54) is 0 Å². The lowest BCUT2D eigenvalue weighted by Crippen LogP contribution is -2.37. The standard InChI is InChI=1S/C10H12O4S/c11-10(7-15(12,13)14)5-8-3-1-2-4-9(8)6-10/h1-4,11H,5-7H2,(H,12,13,14). The Morgan fingerprint density at radius 3 is 2.07 bits per heavy atom. The van der Waals surface area contributed by atoms with Crippen LogP contribution in [-0.2, 0) is 23.0 Å². The van der Waals surface area contributed by atoms with Crippen molar-refractivity contribution in [2.75, 3.05) is 5.75 Å². The van der Waals surface area contributed by atoms with Gasteiger partial charge in [-0.3, -0.25) is 4.55 Å². The zero-order valence-electron chi connectivity index (χ0n) is 8.05. The van der Waals surface area contributed by atoms with Crippen molar-refractivity contribution >= 4 is 10.1 Å². The average molecular weight is 228 g/mol. The van der Waals surface area contributed by atoms with E-state index in [0.717, 1.165) is 11.1 Å². The van der Waals surface area contributed by atoms with E-state index in [9.17, 15) is 13.5 Å². The molecule has 1 aromatic rings. The third kappa shape index (κ3) is 2.37. The van der Waals surface area contributed by atoms with Gasteiger partial charge >= 0.3 is 0 Å². The van der Waals surface area contributed by atoms with Crippen LogP contribution < -0.4 is 0 Å². The molecule has 2 N–H and O–H groups in total. The summed E-state index contributed by atoms with van der Waals surface area (Å²) < 4.78 is 30.2. The maximum atomic E-state index is 10.7. The van der Waals surface area contributed by atoms with E-state index in [-0.39, 0.29) is 12.8 Å². The second-order valence-corrected chi connectivity index (χ2v) is 5.53. The summed E-state index contributed by atoms with van der Waals surface area (Å²) in [5.74, 6) is -0.602. The van der Waals surface area contributed by atoms with Crippen molar-refractivity contribution in [2.24, 2.45) is 0 Å². The largest absolute Gasteiger partial charge is 0.388 e. The first kappa shape index (κ1) is 10.6. The van der Waals surface area contributed by atoms with Crippen LogP contribution in [0.2, 0.25) is 0 Å². The van der Waals surface area contributed by atoms with Crippen LogP contribution in [0.15, 0.2) is 24.3 Å². The Balaban J connectivity index is 2.25. The minimum Gasteiger partial charge on any atom is -0.388 e. The Bertz CT molecular complexity index is 453. The average Bonchev–Trinajstić information content (AvgIpc) is 2.35. The van der Waals surface area contributed by atoms with Gasteiger partial charge in [-0.15, -0.1) is 0 Å². The summed E-state index contributed by atoms with van der Waals surface area (Å²) >= 11 is 0. The lowest BCUT2D eigenvalue weighted by Gasteiger charge is -2.19. The number of fused-ring (bicyclic) bond motifs is 1. The Labute approximate surface area is 88.3 Å². The fraction of sp³-hybridized carbons (Fsp3) is 0.400. The lowest BCUT2D eigenvalue weighted by molar-refractivity contribution is 0.0735. The van der Waals surface area contributed by atoms with Crippen molar-refractivity contribution in [3.63, 3.8) is 0 Å². The van der Waals surface area contributed by atoms with Gasteiger partial charge in [-0.1, -0.05) is 24.3 Å². The summed E-state index contributed by atoms with van der Waals surface area (Å²) in [6.45, 7) is 0. The third-order valence-electron chi connectivity index (χ3n) is 2.61. The van der Waals surface area contributed by atoms with Crippen molar-refractivity contribution in [1.82, 2.24) is 0 Å². The van der Waals surface area contributed by atoms with E-state index in [1.807, 2.05) is 24.3 Å². The number of hydrogen-bond acceptors (Lipinski definition) is 3. The Hall–Kier alpha value is -0.910. The monoisotopic (exact) mass is 228 g/mol. The highest BCUT2D eigenvalue weighted by Gasteiger charge is 2.38. The molecule has 0 atom stereocenters. The maximum absolute atomic E-state index is 10.7. The molecule has 2 rings (SSSR count). The quantitative estimate of drug-likeness (QED) is 0.719. The van der Waals surface area contributed by atoms with Gasteiger partial charge in [0, 0.05) is 12.8 Å². The molecule has 0 aromatic heterocycles. The molecular weight excluding hydrogens is 216 g/mol. The van der Waals surface area contributed by atoms with E-state index in [4.69, 9.17) is 4.55 Å². The predicted octanol–water partition coefficient (Wildman–Crippen LogP) is 0.404. The summed E-state index contributed by atoms with van der Waals surface area (Å²) in [6, 6.07) is 7.41. The smallest absolute Gasteiger partial charge is 0.267 e. The summed E-state index contributed by atoms with van der Waals surface area (Å²) in [7, 11) is -4.13. The fourth-order valence-corrected chi connectivity index (χ4v) is 3.00. The van der Waals surface area contributed by atoms with Crippen molar-refractivity contribution in [2.45, 2.75) is 18.4 Å². The summed E-state index contributed by atoms with van der Waals surface area (Å²) in [4.78, 5) is 0. The van der Waals surface area contributed by atoms with Crippen molar-refractivity contribution in [3.8, 4) is 0 Å². The minimum atomic E-state index is -4.13. The molecule has 15 heavy (non-hydrogen) atoms. The summed E-state index contributed by atoms with van der Waals surface area (Å²) in [5, 5.41) is 10.0. The van der Waals surface area contributed by atoms with Crippen LogP contribution in [-0.4, -0.2) is 29.4 Å². The van der Waals surface area contributed by atoms with Crippen LogP contribution in [0.1, 0.15) is 11.1 Å². The molecule has 0 saturated heterocycles. The van der Waals surface area contributed by atoms with Gasteiger partial charge in [-0.2, -0.15) is 8.42 Å². The highest BCUT2D eigenvalue weighted by molar-refractivity contribution is 7.85. The van der Waals surface area contributed by atoms with Gasteiger partial charge in [0.1, 0.15) is 5.75 Å². The normalized spacial score (nSPS) is 18.8. The first-order valence-electron chi connectivity index (χ1n) is 4.62. The molecule has 0 saturated carbocycles. The zero-order valence-corrected chi connectivity index (χ0v) is 8.87. The van der Waals surface area contributed by atoms with Crippen molar-refractivity contribution < 1.29 is 18.1 Å². The lowest BCUT2D eigenvalue weighted by atomic mass is 10.0. The first-order valence-corrected chi connectivity index (χ1v) is 6.23. The highest BCUT2D eigenvalue weighted by atomic mass is 32.2. The second kappa shape index (κ2) is 3.30. The molecule has 82 valence electrons. The number of aliphatic hydroxyl groups is 1. The molecule has 5 heteroatoms. The van der Waals surface area contributed by atoms with Gasteiger partial charge in [0.25, 0.3) is 10.1 Å². The van der Waals surface area contributed by atoms with Gasteiger partial charge in [0.2, 0.25) is 0 Å². The molecule has 0 radical (unpaired) electrons. The molecule has 1 aliphatic rings. The number of benzene rings is 1. The van der Waals surface area contributed by atoms with E-state index in [2.05, 4.69) is 0 Å². The van der Waals surface area contributed by atoms with Crippen LogP contribution in [0.25, 0.3) is 0 Å². The van der Waals surface area contributed by atoms with Crippen LogP contribution in [0.5, 0.6) is 0 Å². The summed E-state index contributed by atoms with van der Waals surface area (Å²) in [5.41, 5.74) is 0.546. The Morgan fingerprint density at radius 2 is 1.67 bits per heavy atom. The Morgan fingerprint density at radius 1 is 1.20 bits per heavy atom. The van der Waals surface area contributed by atoms with Gasteiger partial charge in [0.05, 0.1) is 5.60 Å². The molecule has 0 spiro atoms. The molecule has 4 nitrogen and oxygen atoms in total. The van der Waals surface area contributed by atoms with E-state index >= 15 is 0 Å². The van der Waals surface area contributed by atoms with Crippen LogP contribution in [0.3, 0.4) is 0 Å². The third-order valence-corrected chi connectivity index (χ3v) is 3.51. The van der Waals surface area contributed by atoms with Crippen molar-refractivity contribution in [1.29, 1.82) is 0 Å². The molecule has 0 amide bonds. The van der Waals surface area contributed by atoms with Crippen LogP contribution in [0.4, 0.5) is 0 Å². The van der Waals surface area contributed by atoms with Gasteiger partial charge in [-0.05, 0) is 11.1 Å². The van der Waals surface area contributed by atoms with Gasteiger partial charge < -0.3 is 5.11 Å². The molecule has 1 aliphatic carbocycles. The fourth-order valence-electron chi connectivity index (χ4n) is 2.12. The maximum Gasteiger partial charge on any atom is 0.267 e. The van der Waals surface area contributed by atoms with Gasteiger partial charge in [-0.25, -0.2) is 0 Å². The molecule has 0 bridgehead atoms. The van der Waals surface area contributed by atoms with E-state index in [1.54, 1.807) is 0 Å². The Kier molecular flexibility index (Phi) is 2.33. The number of rotatable bonds is 2. The molecule has 0 aliphatic heterocycles. The molecular formula is C10H12O4S. The first-order chi connectivity index (χ1) is 6.88. The SMILES string of the molecule is O=S(=O)(O)CC1(O)Cc2ccccc2C1. The predicted molar refractivity (Wildman–Crippen MR) is 55.2 cm³/mol. The topological polar surface area (TPSA) is 74.6 Å². The van der Waals surface area contributed by atoms with E-state index < -0.39 is 21.5 Å². The molecule has 0 unspecified atom stereocenters. The van der Waals surface area contributed by atoms with E-state index in [0.29, 0.717) is 0 Å². The summed E-state index contributed by atoms with van der Waals surface area (Å²) in [6.07, 6.45) is 0.561. The molecule has 0 fully saturated rings. The second-order valence-electron chi connectivity index (χ2n) is 4.07. The van der Waals surface area contributed by atoms with Crippen molar-refractivity contribution in [3.05, 3.63) is 35.4 Å². The highest BCUT2D eigenvalue weighted by Crippen LogP contribution is 2.30. The molecule has 1 aromatic carbocycles. The zero-order chi connectivity index (χ0) is 11.1. The van der Waals surface area contributed by atoms with Crippen LogP contribution >= 0.6 is 0 Å². The van der Waals surface area contributed by atoms with Gasteiger partial charge in [0.15, 0.2) is 0 Å². The minimum absolute atomic E-state index is 0.281. The van der Waals surface area contributed by atoms with Crippen LogP contribution in [0, 0.1) is 0 Å². The molecule has 0 heterocycles. The number of hydrogen-bond donors (Lipinski definition) is 2.